The van der Waals surface area contributed by atoms with E-state index in [1.165, 1.54) is 31.7 Å². The highest BCUT2D eigenvalue weighted by Gasteiger charge is 2.25. The van der Waals surface area contributed by atoms with Gasteiger partial charge >= 0.3 is 0 Å². The highest BCUT2D eigenvalue weighted by atomic mass is 35.5. The van der Waals surface area contributed by atoms with Gasteiger partial charge in [-0.3, -0.25) is 14.9 Å². The first-order valence-corrected chi connectivity index (χ1v) is 10.9. The molecule has 0 spiro atoms. The van der Waals surface area contributed by atoms with Crippen molar-refractivity contribution in [2.24, 2.45) is 0 Å². The Hall–Kier alpha value is -2.44. The topological polar surface area (TPSA) is 88.6 Å². The van der Waals surface area contributed by atoms with Crippen molar-refractivity contribution in [1.82, 2.24) is 9.45 Å². The number of anilines is 1. The van der Waals surface area contributed by atoms with Gasteiger partial charge in [-0.05, 0) is 36.4 Å². The summed E-state index contributed by atoms with van der Waals surface area (Å²) in [7, 11) is -1.73. The van der Waals surface area contributed by atoms with Crippen LogP contribution < -0.4 is 5.32 Å². The Kier molecular flexibility index (Phi) is 6.48. The Morgan fingerprint density at radius 3 is 2.67 bits per heavy atom. The Labute approximate surface area is 179 Å². The number of carbonyl (C=O) groups is 1. The molecule has 0 bridgehead atoms. The summed E-state index contributed by atoms with van der Waals surface area (Å²) in [6.45, 7) is 0. The first-order chi connectivity index (χ1) is 14.1. The quantitative estimate of drug-likeness (QED) is 0.543. The van der Waals surface area contributed by atoms with Gasteiger partial charge in [-0.2, -0.15) is 0 Å². The number of benzene rings is 2. The maximum atomic E-state index is 13.9. The zero-order chi connectivity index (χ0) is 22.1. The standard InChI is InChI=1S/C18H14ClF2N3O4S2/c1-24(28-2)30(26,27)16-7-10(3-5-13(16)19)17(25)23-18-22-15(9-29-18)12-8-11(20)4-6-14(12)21/h3-9H,1-2H3,(H,22,23,25). The molecule has 0 saturated heterocycles. The van der Waals surface area contributed by atoms with E-state index in [1.54, 1.807) is 0 Å². The lowest BCUT2D eigenvalue weighted by Gasteiger charge is -2.15. The Balaban J connectivity index is 1.86. The van der Waals surface area contributed by atoms with E-state index in [9.17, 15) is 22.0 Å². The van der Waals surface area contributed by atoms with Gasteiger partial charge in [0.25, 0.3) is 15.9 Å². The van der Waals surface area contributed by atoms with E-state index in [-0.39, 0.29) is 31.9 Å². The largest absolute Gasteiger partial charge is 0.298 e. The fraction of sp³-hybridized carbons (Fsp3) is 0.111. The number of nitrogens with one attached hydrogen (secondary N) is 1. The molecule has 1 heterocycles. The van der Waals surface area contributed by atoms with E-state index in [1.807, 2.05) is 0 Å². The first kappa shape index (κ1) is 22.2. The fourth-order valence-corrected chi connectivity index (χ4v) is 4.58. The molecule has 0 saturated carbocycles. The van der Waals surface area contributed by atoms with Crippen molar-refractivity contribution in [3.05, 3.63) is 64.0 Å². The number of hydroxylamine groups is 1. The van der Waals surface area contributed by atoms with E-state index in [2.05, 4.69) is 10.3 Å². The third-order valence-electron chi connectivity index (χ3n) is 4.00. The summed E-state index contributed by atoms with van der Waals surface area (Å²) in [6.07, 6.45) is 0. The smallest absolute Gasteiger partial charge is 0.266 e. The average molecular weight is 474 g/mol. The second-order valence-electron chi connectivity index (χ2n) is 5.86. The lowest BCUT2D eigenvalue weighted by atomic mass is 10.1. The molecule has 30 heavy (non-hydrogen) atoms. The molecule has 0 atom stereocenters. The summed E-state index contributed by atoms with van der Waals surface area (Å²) < 4.78 is 52.8. The van der Waals surface area contributed by atoms with Crippen molar-refractivity contribution in [1.29, 1.82) is 0 Å². The van der Waals surface area contributed by atoms with Crippen LogP contribution in [0.1, 0.15) is 10.4 Å². The summed E-state index contributed by atoms with van der Waals surface area (Å²) in [4.78, 5) is 21.0. The number of amides is 1. The highest BCUT2D eigenvalue weighted by molar-refractivity contribution is 7.89. The molecule has 1 amide bonds. The second kappa shape index (κ2) is 8.74. The Morgan fingerprint density at radius 2 is 1.97 bits per heavy atom. The molecule has 0 aliphatic heterocycles. The highest BCUT2D eigenvalue weighted by Crippen LogP contribution is 2.29. The Morgan fingerprint density at radius 1 is 1.23 bits per heavy atom. The summed E-state index contributed by atoms with van der Waals surface area (Å²) in [6, 6.07) is 6.67. The van der Waals surface area contributed by atoms with Crippen molar-refractivity contribution in [2.45, 2.75) is 4.90 Å². The van der Waals surface area contributed by atoms with Crippen LogP contribution in [0.15, 0.2) is 46.7 Å². The SMILES string of the molecule is CON(C)S(=O)(=O)c1cc(C(=O)Nc2nc(-c3cc(F)ccc3F)cs2)ccc1Cl. The third-order valence-corrected chi connectivity index (χ3v) is 6.91. The molecule has 0 aliphatic rings. The lowest BCUT2D eigenvalue weighted by molar-refractivity contribution is -0.0258. The summed E-state index contributed by atoms with van der Waals surface area (Å²) in [5.74, 6) is -1.95. The number of thiazole rings is 1. The fourth-order valence-electron chi connectivity index (χ4n) is 2.40. The van der Waals surface area contributed by atoms with Crippen molar-refractivity contribution in [3.63, 3.8) is 0 Å². The molecule has 1 N–H and O–H groups in total. The van der Waals surface area contributed by atoms with E-state index in [4.69, 9.17) is 16.4 Å². The van der Waals surface area contributed by atoms with E-state index < -0.39 is 27.6 Å². The number of halogens is 3. The van der Waals surface area contributed by atoms with Gasteiger partial charge in [0.2, 0.25) is 0 Å². The molecule has 0 fully saturated rings. The van der Waals surface area contributed by atoms with Crippen LogP contribution in [0.25, 0.3) is 11.3 Å². The molecule has 12 heteroatoms. The number of hydrogen-bond acceptors (Lipinski definition) is 6. The maximum absolute atomic E-state index is 13.9. The van der Waals surface area contributed by atoms with Gasteiger partial charge in [-0.15, -0.1) is 11.3 Å². The average Bonchev–Trinajstić information content (AvgIpc) is 3.17. The van der Waals surface area contributed by atoms with Crippen LogP contribution in [0.5, 0.6) is 0 Å². The molecule has 3 rings (SSSR count). The van der Waals surface area contributed by atoms with Gasteiger partial charge in [0.1, 0.15) is 16.5 Å². The number of aromatic nitrogens is 1. The van der Waals surface area contributed by atoms with Crippen LogP contribution in [-0.4, -0.2) is 37.9 Å². The number of nitrogens with zero attached hydrogens (tertiary/aromatic N) is 2. The minimum Gasteiger partial charge on any atom is -0.298 e. The summed E-state index contributed by atoms with van der Waals surface area (Å²) in [5.41, 5.74) is 0.0961. The van der Waals surface area contributed by atoms with Gasteiger partial charge in [-0.25, -0.2) is 22.2 Å². The van der Waals surface area contributed by atoms with Gasteiger partial charge in [0.15, 0.2) is 5.13 Å². The Bertz CT molecular complexity index is 1220. The number of carbonyl (C=O) groups excluding carboxylic acids is 1. The van der Waals surface area contributed by atoms with Crippen LogP contribution in [-0.2, 0) is 14.9 Å². The summed E-state index contributed by atoms with van der Waals surface area (Å²) >= 11 is 6.97. The zero-order valence-corrected chi connectivity index (χ0v) is 17.9. The summed E-state index contributed by atoms with van der Waals surface area (Å²) in [5, 5.41) is 3.98. The minimum atomic E-state index is -4.08. The van der Waals surface area contributed by atoms with E-state index in [0.717, 1.165) is 35.6 Å². The lowest BCUT2D eigenvalue weighted by Crippen LogP contribution is -2.26. The molecule has 1 aromatic heterocycles. The first-order valence-electron chi connectivity index (χ1n) is 8.18. The zero-order valence-electron chi connectivity index (χ0n) is 15.5. The van der Waals surface area contributed by atoms with E-state index >= 15 is 0 Å². The molecular weight excluding hydrogens is 460 g/mol. The molecule has 2 aromatic carbocycles. The van der Waals surface area contributed by atoms with Crippen molar-refractivity contribution < 1.29 is 26.8 Å². The van der Waals surface area contributed by atoms with Gasteiger partial charge in [0.05, 0.1) is 17.8 Å². The molecule has 158 valence electrons. The molecule has 3 aromatic rings. The predicted molar refractivity (Wildman–Crippen MR) is 109 cm³/mol. The maximum Gasteiger partial charge on any atom is 0.266 e. The van der Waals surface area contributed by atoms with Crippen molar-refractivity contribution >= 4 is 44.0 Å². The molecule has 0 aliphatic carbocycles. The van der Waals surface area contributed by atoms with Crippen LogP contribution in [0, 0.1) is 11.6 Å². The molecular formula is C18H14ClF2N3O4S2. The van der Waals surface area contributed by atoms with Crippen LogP contribution in [0.4, 0.5) is 13.9 Å². The van der Waals surface area contributed by atoms with Crippen LogP contribution in [0.2, 0.25) is 5.02 Å². The van der Waals surface area contributed by atoms with Gasteiger partial charge in [-0.1, -0.05) is 16.1 Å². The normalized spacial score (nSPS) is 11.7. The second-order valence-corrected chi connectivity index (χ2v) is 9.03. The monoisotopic (exact) mass is 473 g/mol. The van der Waals surface area contributed by atoms with E-state index in [0.29, 0.717) is 4.47 Å². The van der Waals surface area contributed by atoms with Gasteiger partial charge in [0, 0.05) is 23.6 Å². The number of sulfonamides is 1. The minimum absolute atomic E-state index is 0.00355. The predicted octanol–water partition coefficient (Wildman–Crippen LogP) is 4.18. The number of rotatable bonds is 6. The molecule has 7 nitrogen and oxygen atoms in total. The van der Waals surface area contributed by atoms with Crippen molar-refractivity contribution in [3.8, 4) is 11.3 Å². The molecule has 0 radical (unpaired) electrons. The van der Waals surface area contributed by atoms with Crippen LogP contribution >= 0.6 is 22.9 Å². The molecule has 0 unspecified atom stereocenters. The number of hydrogen-bond donors (Lipinski definition) is 1. The van der Waals surface area contributed by atoms with Crippen molar-refractivity contribution in [2.75, 3.05) is 19.5 Å². The van der Waals surface area contributed by atoms with Gasteiger partial charge < -0.3 is 0 Å². The van der Waals surface area contributed by atoms with Crippen LogP contribution in [0.3, 0.4) is 0 Å². The third kappa shape index (κ3) is 4.50.